The van der Waals surface area contributed by atoms with Crippen molar-refractivity contribution in [2.24, 2.45) is 17.7 Å². The van der Waals surface area contributed by atoms with Crippen LogP contribution in [-0.4, -0.2) is 12.0 Å². The molecule has 0 bridgehead atoms. The Balaban J connectivity index is 1.92. The fraction of sp³-hybridized carbons (Fsp3) is 0.667. The van der Waals surface area contributed by atoms with Crippen molar-refractivity contribution in [2.75, 3.05) is 0 Å². The van der Waals surface area contributed by atoms with Gasteiger partial charge in [0.25, 0.3) is 5.91 Å². The predicted molar refractivity (Wildman–Crippen MR) is 75.9 cm³/mol. The monoisotopic (exact) mass is 280 g/mol. The van der Waals surface area contributed by atoms with Crippen molar-refractivity contribution in [3.8, 4) is 0 Å². The van der Waals surface area contributed by atoms with E-state index in [1.165, 1.54) is 6.42 Å². The number of rotatable bonds is 4. The van der Waals surface area contributed by atoms with Gasteiger partial charge in [-0.1, -0.05) is 13.8 Å². The number of nitrogens with two attached hydrogens (primary N) is 1. The molecule has 1 aliphatic carbocycles. The molecule has 2 rings (SSSR count). The maximum absolute atomic E-state index is 11.5. The third kappa shape index (κ3) is 3.61. The number of carbonyl (C=O) groups excluding carboxylic acids is 1. The minimum atomic E-state index is -0.336. The molecule has 5 heteroatoms. The Labute approximate surface area is 119 Å². The van der Waals surface area contributed by atoms with Gasteiger partial charge in [-0.05, 0) is 44.1 Å². The van der Waals surface area contributed by atoms with Crippen LogP contribution in [0, 0.1) is 18.8 Å². The molecular weight excluding hydrogens is 256 g/mol. The van der Waals surface area contributed by atoms with E-state index in [-0.39, 0.29) is 12.0 Å². The molecule has 1 aromatic rings. The molecule has 2 atom stereocenters. The van der Waals surface area contributed by atoms with Crippen LogP contribution in [0.2, 0.25) is 0 Å². The number of amides is 1. The minimum absolute atomic E-state index is 0.283. The lowest BCUT2D eigenvalue weighted by Gasteiger charge is -2.31. The van der Waals surface area contributed by atoms with Crippen molar-refractivity contribution < 1.29 is 13.9 Å². The Kier molecular flexibility index (Phi) is 4.83. The number of hydrazine groups is 1. The van der Waals surface area contributed by atoms with Crippen LogP contribution in [0.4, 0.5) is 0 Å². The van der Waals surface area contributed by atoms with Gasteiger partial charge in [0, 0.05) is 0 Å². The van der Waals surface area contributed by atoms with Crippen molar-refractivity contribution in [1.29, 1.82) is 0 Å². The number of carbonyl (C=O) groups is 1. The number of hydrogen-bond donors (Lipinski definition) is 2. The van der Waals surface area contributed by atoms with E-state index in [0.717, 1.165) is 12.8 Å². The molecule has 1 aromatic heterocycles. The van der Waals surface area contributed by atoms with Crippen LogP contribution in [-0.2, 0) is 11.3 Å². The van der Waals surface area contributed by atoms with Crippen LogP contribution in [0.5, 0.6) is 0 Å². The summed E-state index contributed by atoms with van der Waals surface area (Å²) >= 11 is 0. The SMILES string of the molecule is Cc1oc(COC2CC(C)CC(C)C2)cc1C(=O)NN. The fourth-order valence-electron chi connectivity index (χ4n) is 3.13. The second-order valence-corrected chi connectivity index (χ2v) is 6.01. The molecule has 3 N–H and O–H groups in total. The molecule has 1 fully saturated rings. The van der Waals surface area contributed by atoms with Crippen LogP contribution < -0.4 is 11.3 Å². The summed E-state index contributed by atoms with van der Waals surface area (Å²) in [7, 11) is 0. The average molecular weight is 280 g/mol. The summed E-state index contributed by atoms with van der Waals surface area (Å²) in [6.07, 6.45) is 3.76. The second kappa shape index (κ2) is 6.41. The molecule has 0 spiro atoms. The summed E-state index contributed by atoms with van der Waals surface area (Å²) in [4.78, 5) is 11.5. The lowest BCUT2D eigenvalue weighted by Crippen LogP contribution is -2.30. The van der Waals surface area contributed by atoms with Crippen LogP contribution in [0.1, 0.15) is 55.0 Å². The lowest BCUT2D eigenvalue weighted by atomic mass is 9.82. The first-order valence-electron chi connectivity index (χ1n) is 7.21. The summed E-state index contributed by atoms with van der Waals surface area (Å²) in [5.74, 6) is 7.45. The van der Waals surface area contributed by atoms with Gasteiger partial charge in [-0.2, -0.15) is 0 Å². The summed E-state index contributed by atoms with van der Waals surface area (Å²) in [6, 6.07) is 1.70. The standard InChI is InChI=1S/C15H24N2O3/c1-9-4-10(2)6-12(5-9)19-8-13-7-14(11(3)20-13)15(18)17-16/h7,9-10,12H,4-6,8,16H2,1-3H3,(H,17,18). The summed E-state index contributed by atoms with van der Waals surface area (Å²) in [5.41, 5.74) is 2.58. The van der Waals surface area contributed by atoms with Crippen molar-refractivity contribution >= 4 is 5.91 Å². The summed E-state index contributed by atoms with van der Waals surface area (Å²) in [5, 5.41) is 0. The Bertz CT molecular complexity index is 460. The highest BCUT2D eigenvalue weighted by atomic mass is 16.5. The van der Waals surface area contributed by atoms with Gasteiger partial charge in [-0.3, -0.25) is 10.2 Å². The van der Waals surface area contributed by atoms with E-state index < -0.39 is 0 Å². The van der Waals surface area contributed by atoms with Gasteiger partial charge in [0.15, 0.2) is 0 Å². The van der Waals surface area contributed by atoms with E-state index in [4.69, 9.17) is 15.0 Å². The highest BCUT2D eigenvalue weighted by Gasteiger charge is 2.25. The number of furan rings is 1. The van der Waals surface area contributed by atoms with Crippen molar-refractivity contribution in [3.05, 3.63) is 23.2 Å². The molecule has 20 heavy (non-hydrogen) atoms. The molecule has 1 saturated carbocycles. The molecule has 1 aliphatic rings. The van der Waals surface area contributed by atoms with E-state index in [1.807, 2.05) is 0 Å². The fourth-order valence-corrected chi connectivity index (χ4v) is 3.13. The largest absolute Gasteiger partial charge is 0.463 e. The molecular formula is C15H24N2O3. The van der Waals surface area contributed by atoms with Gasteiger partial charge in [0.2, 0.25) is 0 Å². The summed E-state index contributed by atoms with van der Waals surface area (Å²) in [6.45, 7) is 6.70. The van der Waals surface area contributed by atoms with E-state index >= 15 is 0 Å². The van der Waals surface area contributed by atoms with Gasteiger partial charge in [0.05, 0.1) is 11.7 Å². The molecule has 5 nitrogen and oxygen atoms in total. The molecule has 112 valence electrons. The van der Waals surface area contributed by atoms with Gasteiger partial charge < -0.3 is 9.15 Å². The summed E-state index contributed by atoms with van der Waals surface area (Å²) < 4.78 is 11.5. The zero-order chi connectivity index (χ0) is 14.7. The van der Waals surface area contributed by atoms with Gasteiger partial charge in [-0.25, -0.2) is 5.84 Å². The Hall–Kier alpha value is -1.33. The quantitative estimate of drug-likeness (QED) is 0.505. The van der Waals surface area contributed by atoms with E-state index in [9.17, 15) is 4.79 Å². The zero-order valence-electron chi connectivity index (χ0n) is 12.4. The first-order valence-corrected chi connectivity index (χ1v) is 7.21. The van der Waals surface area contributed by atoms with Gasteiger partial charge >= 0.3 is 0 Å². The molecule has 1 heterocycles. The number of nitrogens with one attached hydrogen (secondary N) is 1. The van der Waals surface area contributed by atoms with Crippen LogP contribution in [0.3, 0.4) is 0 Å². The highest BCUT2D eigenvalue weighted by Crippen LogP contribution is 2.31. The third-order valence-corrected chi connectivity index (χ3v) is 3.94. The highest BCUT2D eigenvalue weighted by molar-refractivity contribution is 5.94. The van der Waals surface area contributed by atoms with Gasteiger partial charge in [0.1, 0.15) is 18.1 Å². The third-order valence-electron chi connectivity index (χ3n) is 3.94. The molecule has 2 unspecified atom stereocenters. The van der Waals surface area contributed by atoms with Crippen LogP contribution in [0.15, 0.2) is 10.5 Å². The Morgan fingerprint density at radius 2 is 2.05 bits per heavy atom. The van der Waals surface area contributed by atoms with Crippen molar-refractivity contribution in [3.63, 3.8) is 0 Å². The first-order chi connectivity index (χ1) is 9.49. The maximum Gasteiger partial charge on any atom is 0.268 e. The van der Waals surface area contributed by atoms with Crippen LogP contribution >= 0.6 is 0 Å². The smallest absolute Gasteiger partial charge is 0.268 e. The minimum Gasteiger partial charge on any atom is -0.463 e. The van der Waals surface area contributed by atoms with Crippen molar-refractivity contribution in [2.45, 2.75) is 52.7 Å². The zero-order valence-corrected chi connectivity index (χ0v) is 12.4. The van der Waals surface area contributed by atoms with E-state index in [1.54, 1.807) is 13.0 Å². The molecule has 0 saturated heterocycles. The van der Waals surface area contributed by atoms with E-state index in [0.29, 0.717) is 35.5 Å². The molecule has 0 aliphatic heterocycles. The molecule has 0 radical (unpaired) electrons. The Morgan fingerprint density at radius 1 is 1.40 bits per heavy atom. The normalized spacial score (nSPS) is 26.5. The van der Waals surface area contributed by atoms with Crippen LogP contribution in [0.25, 0.3) is 0 Å². The number of ether oxygens (including phenoxy) is 1. The molecule has 0 aromatic carbocycles. The Morgan fingerprint density at radius 3 is 2.65 bits per heavy atom. The predicted octanol–water partition coefficient (Wildman–Crippen LogP) is 2.53. The number of hydrogen-bond acceptors (Lipinski definition) is 4. The topological polar surface area (TPSA) is 77.5 Å². The van der Waals surface area contributed by atoms with Gasteiger partial charge in [-0.15, -0.1) is 0 Å². The molecule has 1 amide bonds. The van der Waals surface area contributed by atoms with E-state index in [2.05, 4.69) is 19.3 Å². The lowest BCUT2D eigenvalue weighted by molar-refractivity contribution is -0.0158. The number of aryl methyl sites for hydroxylation is 1. The second-order valence-electron chi connectivity index (χ2n) is 6.01. The maximum atomic E-state index is 11.5. The van der Waals surface area contributed by atoms with Crippen molar-refractivity contribution in [1.82, 2.24) is 5.43 Å². The number of nitrogen functional groups attached to an aromatic ring is 1. The average Bonchev–Trinajstić information content (AvgIpc) is 2.76. The first kappa shape index (κ1) is 15.1.